The van der Waals surface area contributed by atoms with Crippen LogP contribution in [0.1, 0.15) is 44.6 Å². The summed E-state index contributed by atoms with van der Waals surface area (Å²) in [6.45, 7) is 9.80. The molecule has 1 aromatic carbocycles. The highest BCUT2D eigenvalue weighted by Gasteiger charge is 2.51. The molecule has 1 amide bonds. The Bertz CT molecular complexity index is 788. The lowest BCUT2D eigenvalue weighted by atomic mass is 9.74. The summed E-state index contributed by atoms with van der Waals surface area (Å²) in [5.74, 6) is 1.70. The molecule has 1 saturated heterocycles. The van der Waals surface area contributed by atoms with Crippen molar-refractivity contribution in [3.63, 3.8) is 0 Å². The van der Waals surface area contributed by atoms with Crippen LogP contribution >= 0.6 is 11.8 Å². The number of hydrogen-bond acceptors (Lipinski definition) is 3. The summed E-state index contributed by atoms with van der Waals surface area (Å²) >= 11 is 1.87. The molecule has 0 saturated carbocycles. The highest BCUT2D eigenvalue weighted by molar-refractivity contribution is 7.99. The molecule has 0 aliphatic carbocycles. The van der Waals surface area contributed by atoms with Crippen molar-refractivity contribution < 1.29 is 9.53 Å². The number of fused-ring (bicyclic) bond motifs is 1. The molecule has 1 N–H and O–H groups in total. The second kappa shape index (κ2) is 7.18. The number of aromatic amines is 1. The van der Waals surface area contributed by atoms with E-state index < -0.39 is 0 Å². The summed E-state index contributed by atoms with van der Waals surface area (Å²) in [6, 6.07) is 7.80. The van der Waals surface area contributed by atoms with Gasteiger partial charge in [0.2, 0.25) is 0 Å². The second-order valence-corrected chi connectivity index (χ2v) is 9.02. The summed E-state index contributed by atoms with van der Waals surface area (Å²) in [5, 5.41) is 1.45. The first-order valence-corrected chi connectivity index (χ1v) is 10.6. The Kier molecular flexibility index (Phi) is 5.29. The minimum absolute atomic E-state index is 0.0993. The maximum Gasteiger partial charge on any atom is 0.270 e. The summed E-state index contributed by atoms with van der Waals surface area (Å²) in [6.07, 6.45) is 3.21. The minimum Gasteiger partial charge on any atom is -0.496 e. The van der Waals surface area contributed by atoms with Crippen LogP contribution in [0.15, 0.2) is 24.3 Å². The van der Waals surface area contributed by atoms with Gasteiger partial charge in [-0.25, -0.2) is 0 Å². The molecule has 2 aromatic rings. The number of thioether (sulfide) groups is 1. The molecular weight excluding hydrogens is 344 g/mol. The first-order valence-electron chi connectivity index (χ1n) is 9.35. The summed E-state index contributed by atoms with van der Waals surface area (Å²) < 4.78 is 5.45. The summed E-state index contributed by atoms with van der Waals surface area (Å²) in [4.78, 5) is 19.0. The molecule has 1 unspecified atom stereocenters. The number of benzene rings is 1. The van der Waals surface area contributed by atoms with Crippen LogP contribution in [-0.2, 0) is 0 Å². The lowest BCUT2D eigenvalue weighted by Crippen LogP contribution is -2.54. The van der Waals surface area contributed by atoms with Gasteiger partial charge in [0.05, 0.1) is 7.11 Å². The third-order valence-electron chi connectivity index (χ3n) is 6.10. The van der Waals surface area contributed by atoms with Crippen LogP contribution < -0.4 is 4.74 Å². The van der Waals surface area contributed by atoms with Crippen LogP contribution in [0.4, 0.5) is 0 Å². The van der Waals surface area contributed by atoms with Gasteiger partial charge in [0, 0.05) is 28.2 Å². The molecule has 0 radical (unpaired) electrons. The average Bonchev–Trinajstić information content (AvgIpc) is 3.22. The molecule has 0 spiro atoms. The summed E-state index contributed by atoms with van der Waals surface area (Å²) in [5.41, 5.74) is 1.48. The van der Waals surface area contributed by atoms with Gasteiger partial charge in [0.1, 0.15) is 11.4 Å². The molecular formula is C21H30N2O2S. The van der Waals surface area contributed by atoms with Crippen LogP contribution in [0.2, 0.25) is 0 Å². The Labute approximate surface area is 160 Å². The molecule has 5 heteroatoms. The lowest BCUT2D eigenvalue weighted by molar-refractivity contribution is 0.0292. The zero-order valence-electron chi connectivity index (χ0n) is 16.6. The van der Waals surface area contributed by atoms with E-state index in [9.17, 15) is 4.79 Å². The average molecular weight is 375 g/mol. The molecule has 0 bridgehead atoms. The Morgan fingerprint density at radius 1 is 1.31 bits per heavy atom. The van der Waals surface area contributed by atoms with Gasteiger partial charge in [-0.3, -0.25) is 4.79 Å². The third-order valence-corrected chi connectivity index (χ3v) is 7.08. The van der Waals surface area contributed by atoms with Crippen molar-refractivity contribution in [3.05, 3.63) is 30.0 Å². The summed E-state index contributed by atoms with van der Waals surface area (Å²) in [7, 11) is 1.66. The number of amides is 1. The van der Waals surface area contributed by atoms with Crippen molar-refractivity contribution in [1.82, 2.24) is 9.88 Å². The first-order chi connectivity index (χ1) is 12.3. The van der Waals surface area contributed by atoms with Crippen molar-refractivity contribution in [2.24, 2.45) is 11.8 Å². The Balaban J connectivity index is 2.04. The van der Waals surface area contributed by atoms with Crippen molar-refractivity contribution in [1.29, 1.82) is 0 Å². The SMILES string of the molecule is COc1cccc2[nH]c(C(=O)N3CC(SC)CC3(C(C)C)C(C)C)cc12. The van der Waals surface area contributed by atoms with E-state index in [1.807, 2.05) is 36.0 Å². The van der Waals surface area contributed by atoms with Crippen LogP contribution in [-0.4, -0.2) is 46.5 Å². The number of carbonyl (C=O) groups excluding carboxylic acids is 1. The minimum atomic E-state index is -0.105. The number of nitrogens with zero attached hydrogens (tertiary/aromatic N) is 1. The Hall–Kier alpha value is -1.62. The molecule has 2 heterocycles. The van der Waals surface area contributed by atoms with Gasteiger partial charge >= 0.3 is 0 Å². The Morgan fingerprint density at radius 2 is 2.00 bits per heavy atom. The van der Waals surface area contributed by atoms with Crippen LogP contribution in [0.3, 0.4) is 0 Å². The van der Waals surface area contributed by atoms with Crippen LogP contribution in [0.5, 0.6) is 5.75 Å². The number of aromatic nitrogens is 1. The monoisotopic (exact) mass is 374 g/mol. The number of likely N-dealkylation sites (tertiary alicyclic amines) is 1. The van der Waals surface area contributed by atoms with Gasteiger partial charge in [0.25, 0.3) is 5.91 Å². The highest BCUT2D eigenvalue weighted by atomic mass is 32.2. The number of carbonyl (C=O) groups is 1. The quantitative estimate of drug-likeness (QED) is 0.817. The molecule has 26 heavy (non-hydrogen) atoms. The van der Waals surface area contributed by atoms with Crippen molar-refractivity contribution >= 4 is 28.6 Å². The van der Waals surface area contributed by atoms with E-state index in [4.69, 9.17) is 4.74 Å². The van der Waals surface area contributed by atoms with E-state index >= 15 is 0 Å². The van der Waals surface area contributed by atoms with E-state index in [0.717, 1.165) is 29.6 Å². The number of H-pyrrole nitrogens is 1. The number of methoxy groups -OCH3 is 1. The smallest absolute Gasteiger partial charge is 0.270 e. The fourth-order valence-electron chi connectivity index (χ4n) is 4.67. The maximum absolute atomic E-state index is 13.5. The third kappa shape index (κ3) is 2.90. The van der Waals surface area contributed by atoms with Gasteiger partial charge in [-0.05, 0) is 42.7 Å². The molecule has 142 valence electrons. The lowest BCUT2D eigenvalue weighted by Gasteiger charge is -2.45. The molecule has 4 nitrogen and oxygen atoms in total. The standard InChI is InChI=1S/C21H30N2O2S/c1-13(2)21(14(3)4)11-15(26-6)12-23(21)20(24)18-10-16-17(22-18)8-7-9-19(16)25-5/h7-10,13-15,22H,11-12H2,1-6H3. The fraction of sp³-hybridized carbons (Fsp3) is 0.571. The number of ether oxygens (including phenoxy) is 1. The molecule has 3 rings (SSSR count). The predicted octanol–water partition coefficient (Wildman–Crippen LogP) is 4.80. The zero-order valence-corrected chi connectivity index (χ0v) is 17.4. The van der Waals surface area contributed by atoms with E-state index in [-0.39, 0.29) is 11.4 Å². The van der Waals surface area contributed by atoms with Crippen molar-refractivity contribution in [2.45, 2.75) is 44.9 Å². The van der Waals surface area contributed by atoms with Gasteiger partial charge in [-0.15, -0.1) is 0 Å². The normalized spacial score (nSPS) is 19.7. The first kappa shape index (κ1) is 19.2. The number of nitrogens with one attached hydrogen (secondary N) is 1. The van der Waals surface area contributed by atoms with Gasteiger partial charge in [-0.2, -0.15) is 11.8 Å². The van der Waals surface area contributed by atoms with Crippen LogP contribution in [0.25, 0.3) is 10.9 Å². The molecule has 1 fully saturated rings. The van der Waals surface area contributed by atoms with E-state index in [2.05, 4.69) is 43.8 Å². The Morgan fingerprint density at radius 3 is 2.58 bits per heavy atom. The van der Waals surface area contributed by atoms with Crippen molar-refractivity contribution in [3.8, 4) is 5.75 Å². The number of hydrogen-bond donors (Lipinski definition) is 1. The maximum atomic E-state index is 13.5. The second-order valence-electron chi connectivity index (χ2n) is 7.88. The number of rotatable bonds is 5. The molecule has 1 aliphatic heterocycles. The van der Waals surface area contributed by atoms with E-state index in [1.54, 1.807) is 7.11 Å². The molecule has 1 aliphatic rings. The van der Waals surface area contributed by atoms with Gasteiger partial charge < -0.3 is 14.6 Å². The van der Waals surface area contributed by atoms with E-state index in [1.165, 1.54) is 0 Å². The predicted molar refractivity (Wildman–Crippen MR) is 110 cm³/mol. The molecule has 1 aromatic heterocycles. The fourth-order valence-corrected chi connectivity index (χ4v) is 5.40. The highest BCUT2D eigenvalue weighted by Crippen LogP contribution is 2.45. The zero-order chi connectivity index (χ0) is 19.1. The largest absolute Gasteiger partial charge is 0.496 e. The molecule has 1 atom stereocenters. The van der Waals surface area contributed by atoms with E-state index in [0.29, 0.717) is 22.8 Å². The van der Waals surface area contributed by atoms with Crippen molar-refractivity contribution in [2.75, 3.05) is 19.9 Å². The van der Waals surface area contributed by atoms with Gasteiger partial charge in [-0.1, -0.05) is 33.8 Å². The van der Waals surface area contributed by atoms with Crippen LogP contribution in [0, 0.1) is 11.8 Å². The topological polar surface area (TPSA) is 45.3 Å². The van der Waals surface area contributed by atoms with Gasteiger partial charge in [0.15, 0.2) is 0 Å².